The lowest BCUT2D eigenvalue weighted by Crippen LogP contribution is -2.32. The number of nitrogens with zero attached hydrogens (tertiary/aromatic N) is 1. The maximum absolute atomic E-state index is 4.56. The van der Waals surface area contributed by atoms with E-state index in [9.17, 15) is 0 Å². The van der Waals surface area contributed by atoms with E-state index in [0.29, 0.717) is 10.7 Å². The Morgan fingerprint density at radius 1 is 1.26 bits per heavy atom. The molecule has 106 valence electrons. The molecule has 0 aromatic heterocycles. The normalized spacial score (nSPS) is 21.8. The third-order valence-corrected chi connectivity index (χ3v) is 5.71. The minimum atomic E-state index is 0.442. The van der Waals surface area contributed by atoms with Gasteiger partial charge in [-0.25, -0.2) is 0 Å². The van der Waals surface area contributed by atoms with Crippen molar-refractivity contribution in [3.8, 4) is 0 Å². The molecule has 0 amide bonds. The summed E-state index contributed by atoms with van der Waals surface area (Å²) in [6, 6.07) is 10.8. The molecule has 1 aromatic carbocycles. The van der Waals surface area contributed by atoms with Gasteiger partial charge in [0.05, 0.1) is 0 Å². The minimum Gasteiger partial charge on any atom is -0.302 e. The van der Waals surface area contributed by atoms with Gasteiger partial charge in [-0.3, -0.25) is 0 Å². The molecule has 0 bridgehead atoms. The molecule has 0 spiro atoms. The van der Waals surface area contributed by atoms with Gasteiger partial charge in [-0.15, -0.1) is 0 Å². The van der Waals surface area contributed by atoms with Crippen molar-refractivity contribution in [2.24, 2.45) is 0 Å². The third-order valence-electron chi connectivity index (χ3n) is 3.90. The lowest BCUT2D eigenvalue weighted by Gasteiger charge is -2.26. The van der Waals surface area contributed by atoms with E-state index in [-0.39, 0.29) is 0 Å². The van der Waals surface area contributed by atoms with Gasteiger partial charge in [0.1, 0.15) is 0 Å². The molecule has 0 radical (unpaired) electrons. The zero-order chi connectivity index (χ0) is 13.7. The molecule has 1 atom stereocenters. The second kappa shape index (κ2) is 7.05. The average Bonchev–Trinajstić information content (AvgIpc) is 2.58. The van der Waals surface area contributed by atoms with Crippen LogP contribution in [0, 0.1) is 0 Å². The van der Waals surface area contributed by atoms with Gasteiger partial charge in [0, 0.05) is 29.5 Å². The molecular weight excluding hydrogens is 270 g/mol. The Bertz CT molecular complexity index is 378. The van der Waals surface area contributed by atoms with Crippen molar-refractivity contribution in [3.05, 3.63) is 35.9 Å². The molecule has 1 aromatic rings. The topological polar surface area (TPSA) is 3.24 Å². The van der Waals surface area contributed by atoms with E-state index in [1.54, 1.807) is 0 Å². The number of thioether (sulfide) groups is 1. The van der Waals surface area contributed by atoms with E-state index in [1.807, 2.05) is 0 Å². The van der Waals surface area contributed by atoms with E-state index in [1.165, 1.54) is 30.8 Å². The van der Waals surface area contributed by atoms with Gasteiger partial charge >= 0.3 is 0 Å². The van der Waals surface area contributed by atoms with E-state index in [0.717, 1.165) is 12.3 Å². The van der Waals surface area contributed by atoms with Gasteiger partial charge in [-0.2, -0.15) is 24.4 Å². The fourth-order valence-corrected chi connectivity index (χ4v) is 4.01. The second-order valence-electron chi connectivity index (χ2n) is 5.95. The van der Waals surface area contributed by atoms with Gasteiger partial charge in [-0.05, 0) is 24.3 Å². The number of thiol groups is 1. The summed E-state index contributed by atoms with van der Waals surface area (Å²) in [6.07, 6.45) is 1.28. The summed E-state index contributed by atoms with van der Waals surface area (Å²) in [6.45, 7) is 8.31. The van der Waals surface area contributed by atoms with Crippen LogP contribution in [0.15, 0.2) is 30.3 Å². The highest BCUT2D eigenvalue weighted by Crippen LogP contribution is 2.31. The van der Waals surface area contributed by atoms with Gasteiger partial charge in [0.15, 0.2) is 0 Å². The van der Waals surface area contributed by atoms with Gasteiger partial charge in [0.2, 0.25) is 0 Å². The van der Waals surface area contributed by atoms with Crippen LogP contribution >= 0.6 is 24.4 Å². The van der Waals surface area contributed by atoms with Crippen molar-refractivity contribution in [2.45, 2.75) is 30.9 Å². The van der Waals surface area contributed by atoms with Crippen molar-refractivity contribution in [1.82, 2.24) is 4.90 Å². The van der Waals surface area contributed by atoms with Crippen molar-refractivity contribution < 1.29 is 0 Å². The Labute approximate surface area is 127 Å². The fraction of sp³-hybridized carbons (Fsp3) is 0.625. The molecule has 1 saturated heterocycles. The predicted molar refractivity (Wildman–Crippen MR) is 90.6 cm³/mol. The van der Waals surface area contributed by atoms with Crippen molar-refractivity contribution >= 4 is 24.4 Å². The molecular formula is C16H25NS2. The monoisotopic (exact) mass is 295 g/mol. The van der Waals surface area contributed by atoms with Crippen molar-refractivity contribution in [1.29, 1.82) is 0 Å². The Balaban J connectivity index is 1.95. The Kier molecular flexibility index (Phi) is 5.67. The lowest BCUT2D eigenvalue weighted by atomic mass is 10.00. The molecule has 1 aliphatic heterocycles. The van der Waals surface area contributed by atoms with Crippen LogP contribution < -0.4 is 0 Å². The second-order valence-corrected chi connectivity index (χ2v) is 8.12. The van der Waals surface area contributed by atoms with Gasteiger partial charge in [-0.1, -0.05) is 44.2 Å². The molecule has 19 heavy (non-hydrogen) atoms. The quantitative estimate of drug-likeness (QED) is 0.839. The molecule has 1 nitrogen and oxygen atoms in total. The van der Waals surface area contributed by atoms with E-state index < -0.39 is 0 Å². The van der Waals surface area contributed by atoms with Crippen molar-refractivity contribution in [3.63, 3.8) is 0 Å². The standard InChI is InChI=1S/C16H25NS2/c1-16(2)8-9-17(10-11-19-16)12-15(13-18)14-6-4-3-5-7-14/h3-7,15,18H,8-13H2,1-2H3. The van der Waals surface area contributed by atoms with Crippen molar-refractivity contribution in [2.75, 3.05) is 31.1 Å². The van der Waals surface area contributed by atoms with Crippen LogP contribution in [0.5, 0.6) is 0 Å². The van der Waals surface area contributed by atoms with Crippen LogP contribution in [0.2, 0.25) is 0 Å². The molecule has 2 rings (SSSR count). The van der Waals surface area contributed by atoms with Crippen LogP contribution in [-0.4, -0.2) is 40.8 Å². The summed E-state index contributed by atoms with van der Waals surface area (Å²) in [4.78, 5) is 2.62. The lowest BCUT2D eigenvalue weighted by molar-refractivity contribution is 0.272. The maximum Gasteiger partial charge on any atom is 0.0116 e. The maximum atomic E-state index is 4.56. The van der Waals surface area contributed by atoms with E-state index >= 15 is 0 Å². The molecule has 0 saturated carbocycles. The van der Waals surface area contributed by atoms with Crippen LogP contribution in [0.4, 0.5) is 0 Å². The van der Waals surface area contributed by atoms with Crippen LogP contribution in [0.3, 0.4) is 0 Å². The molecule has 0 N–H and O–H groups in total. The third kappa shape index (κ3) is 4.73. The fourth-order valence-electron chi connectivity index (χ4n) is 2.55. The summed E-state index contributed by atoms with van der Waals surface area (Å²) >= 11 is 6.67. The number of rotatable bonds is 4. The zero-order valence-electron chi connectivity index (χ0n) is 12.0. The van der Waals surface area contributed by atoms with Crippen LogP contribution in [0.1, 0.15) is 31.7 Å². The first-order chi connectivity index (χ1) is 9.11. The molecule has 1 heterocycles. The SMILES string of the molecule is CC1(C)CCN(CC(CS)c2ccccc2)CCS1. The number of hydrogen-bond donors (Lipinski definition) is 1. The Morgan fingerprint density at radius 2 is 2.00 bits per heavy atom. The summed E-state index contributed by atoms with van der Waals surface area (Å²) in [7, 11) is 0. The average molecular weight is 296 g/mol. The van der Waals surface area contributed by atoms with Crippen LogP contribution in [-0.2, 0) is 0 Å². The molecule has 3 heteroatoms. The zero-order valence-corrected chi connectivity index (χ0v) is 13.7. The molecule has 1 unspecified atom stereocenters. The molecule has 1 fully saturated rings. The number of benzene rings is 1. The Morgan fingerprint density at radius 3 is 2.68 bits per heavy atom. The van der Waals surface area contributed by atoms with Gasteiger partial charge in [0.25, 0.3) is 0 Å². The minimum absolute atomic E-state index is 0.442. The number of hydrogen-bond acceptors (Lipinski definition) is 3. The smallest absolute Gasteiger partial charge is 0.0116 e. The highest BCUT2D eigenvalue weighted by atomic mass is 32.2. The van der Waals surface area contributed by atoms with E-state index in [2.05, 4.69) is 73.5 Å². The molecule has 0 aliphatic carbocycles. The first kappa shape index (κ1) is 15.3. The largest absolute Gasteiger partial charge is 0.302 e. The summed E-state index contributed by atoms with van der Waals surface area (Å²) < 4.78 is 0.442. The first-order valence-electron chi connectivity index (χ1n) is 7.13. The first-order valence-corrected chi connectivity index (χ1v) is 8.75. The Hall–Kier alpha value is -0.120. The van der Waals surface area contributed by atoms with Gasteiger partial charge < -0.3 is 4.90 Å². The summed E-state index contributed by atoms with van der Waals surface area (Å²) in [5.41, 5.74) is 1.42. The summed E-state index contributed by atoms with van der Waals surface area (Å²) in [5.74, 6) is 2.73. The predicted octanol–water partition coefficient (Wildman–Crippen LogP) is 3.92. The highest BCUT2D eigenvalue weighted by molar-refractivity contribution is 8.00. The molecule has 1 aliphatic rings. The summed E-state index contributed by atoms with van der Waals surface area (Å²) in [5, 5.41) is 0. The van der Waals surface area contributed by atoms with E-state index in [4.69, 9.17) is 0 Å². The highest BCUT2D eigenvalue weighted by Gasteiger charge is 2.24. The van der Waals surface area contributed by atoms with Crippen LogP contribution in [0.25, 0.3) is 0 Å².